The summed E-state index contributed by atoms with van der Waals surface area (Å²) in [6.07, 6.45) is 0. The lowest BCUT2D eigenvalue weighted by Gasteiger charge is -1.98. The van der Waals surface area contributed by atoms with Crippen LogP contribution < -0.4 is 5.43 Å². The second kappa shape index (κ2) is 5.99. The average Bonchev–Trinajstić information content (AvgIpc) is 2.86. The molecule has 0 unspecified atom stereocenters. The summed E-state index contributed by atoms with van der Waals surface area (Å²) in [4.78, 5) is 13.0. The zero-order valence-corrected chi connectivity index (χ0v) is 12.2. The van der Waals surface area contributed by atoms with Crippen molar-refractivity contribution in [3.63, 3.8) is 0 Å². The Balaban J connectivity index is 2.21. The van der Waals surface area contributed by atoms with E-state index in [-0.39, 0.29) is 5.91 Å². The first-order valence-electron chi connectivity index (χ1n) is 5.73. The van der Waals surface area contributed by atoms with Gasteiger partial charge in [0, 0.05) is 16.8 Å². The predicted molar refractivity (Wildman–Crippen MR) is 80.8 cm³/mol. The van der Waals surface area contributed by atoms with Gasteiger partial charge in [0.2, 0.25) is 5.91 Å². The summed E-state index contributed by atoms with van der Waals surface area (Å²) in [5.74, 6) is -0.172. The summed E-state index contributed by atoms with van der Waals surface area (Å²) in [6.45, 7) is 3.30. The molecule has 0 bridgehead atoms. The topological polar surface area (TPSA) is 41.5 Å². The smallest absolute Gasteiger partial charge is 0.236 e. The van der Waals surface area contributed by atoms with Gasteiger partial charge in [-0.1, -0.05) is 23.7 Å². The van der Waals surface area contributed by atoms with E-state index in [2.05, 4.69) is 10.5 Å². The van der Waals surface area contributed by atoms with E-state index in [1.54, 1.807) is 11.3 Å². The molecule has 0 aliphatic heterocycles. The molecular formula is C14H13ClN2OS. The molecule has 5 heteroatoms. The first-order chi connectivity index (χ1) is 9.06. The fraction of sp³-hybridized carbons (Fsp3) is 0.143. The number of halogens is 1. The first kappa shape index (κ1) is 13.8. The second-order valence-corrected chi connectivity index (χ2v) is 5.56. The molecule has 0 atom stereocenters. The molecule has 98 valence electrons. The maximum Gasteiger partial charge on any atom is 0.236 e. The number of benzene rings is 1. The van der Waals surface area contributed by atoms with Crippen LogP contribution in [0.2, 0.25) is 5.02 Å². The van der Waals surface area contributed by atoms with Crippen molar-refractivity contribution in [2.75, 3.05) is 0 Å². The van der Waals surface area contributed by atoms with Gasteiger partial charge in [0.1, 0.15) is 0 Å². The first-order valence-corrected chi connectivity index (χ1v) is 6.93. The maximum atomic E-state index is 10.8. The van der Waals surface area contributed by atoms with Crippen molar-refractivity contribution in [2.45, 2.75) is 13.8 Å². The molecule has 1 aromatic carbocycles. The van der Waals surface area contributed by atoms with Gasteiger partial charge in [-0.3, -0.25) is 4.79 Å². The Bertz CT molecular complexity index is 617. The third-order valence-corrected chi connectivity index (χ3v) is 3.97. The fourth-order valence-electron chi connectivity index (χ4n) is 1.52. The number of thiophene rings is 1. The highest BCUT2D eigenvalue weighted by Crippen LogP contribution is 2.29. The van der Waals surface area contributed by atoms with Gasteiger partial charge in [-0.25, -0.2) is 5.43 Å². The van der Waals surface area contributed by atoms with Gasteiger partial charge in [0.25, 0.3) is 0 Å². The van der Waals surface area contributed by atoms with E-state index in [0.29, 0.717) is 0 Å². The summed E-state index contributed by atoms with van der Waals surface area (Å²) in [6, 6.07) is 11.7. The summed E-state index contributed by atoms with van der Waals surface area (Å²) in [7, 11) is 0. The normalized spacial score (nSPS) is 11.4. The molecule has 1 N–H and O–H groups in total. The highest BCUT2D eigenvalue weighted by Gasteiger charge is 2.05. The van der Waals surface area contributed by atoms with Gasteiger partial charge in [0.05, 0.1) is 10.6 Å². The molecule has 2 aromatic rings. The van der Waals surface area contributed by atoms with Crippen molar-refractivity contribution in [1.82, 2.24) is 5.43 Å². The van der Waals surface area contributed by atoms with Crippen LogP contribution in [-0.2, 0) is 4.79 Å². The predicted octanol–water partition coefficient (Wildman–Crippen LogP) is 3.93. The number of nitrogens with zero attached hydrogens (tertiary/aromatic N) is 1. The number of nitrogens with one attached hydrogen (secondary N) is 1. The van der Waals surface area contributed by atoms with E-state index < -0.39 is 0 Å². The van der Waals surface area contributed by atoms with Crippen LogP contribution in [-0.4, -0.2) is 11.6 Å². The zero-order chi connectivity index (χ0) is 13.8. The fourth-order valence-corrected chi connectivity index (χ4v) is 2.60. The van der Waals surface area contributed by atoms with Gasteiger partial charge in [0.15, 0.2) is 0 Å². The molecular weight excluding hydrogens is 280 g/mol. The number of rotatable bonds is 3. The highest BCUT2D eigenvalue weighted by atomic mass is 35.5. The van der Waals surface area contributed by atoms with Gasteiger partial charge >= 0.3 is 0 Å². The molecule has 0 saturated carbocycles. The number of carbonyl (C=O) groups excluding carboxylic acids is 1. The van der Waals surface area contributed by atoms with Gasteiger partial charge in [-0.05, 0) is 36.8 Å². The molecule has 3 nitrogen and oxygen atoms in total. The SMILES string of the molecule is CC(=O)N/N=C(/C)c1ccc(-c2ccc(Cl)cc2)s1. The Morgan fingerprint density at radius 2 is 1.84 bits per heavy atom. The van der Waals surface area contributed by atoms with E-state index in [1.165, 1.54) is 6.92 Å². The summed E-state index contributed by atoms with van der Waals surface area (Å²) in [5.41, 5.74) is 4.35. The van der Waals surface area contributed by atoms with E-state index >= 15 is 0 Å². The molecule has 1 aromatic heterocycles. The molecule has 0 spiro atoms. The second-order valence-electron chi connectivity index (χ2n) is 4.04. The van der Waals surface area contributed by atoms with E-state index in [4.69, 9.17) is 11.6 Å². The molecule has 0 fully saturated rings. The van der Waals surface area contributed by atoms with Gasteiger partial charge in [-0.15, -0.1) is 11.3 Å². The molecule has 2 rings (SSSR count). The van der Waals surface area contributed by atoms with Gasteiger partial charge in [-0.2, -0.15) is 5.10 Å². The Kier molecular flexibility index (Phi) is 4.35. The molecule has 0 aliphatic rings. The van der Waals surface area contributed by atoms with Crippen LogP contribution in [0, 0.1) is 0 Å². The Hall–Kier alpha value is -1.65. The van der Waals surface area contributed by atoms with E-state index in [9.17, 15) is 4.79 Å². The van der Waals surface area contributed by atoms with Crippen LogP contribution in [0.25, 0.3) is 10.4 Å². The van der Waals surface area contributed by atoms with Crippen LogP contribution in [0.15, 0.2) is 41.5 Å². The minimum absolute atomic E-state index is 0.172. The third-order valence-electron chi connectivity index (χ3n) is 2.47. The van der Waals surface area contributed by atoms with Crippen LogP contribution in [0.3, 0.4) is 0 Å². The number of carbonyl (C=O) groups is 1. The molecule has 1 heterocycles. The summed E-state index contributed by atoms with van der Waals surface area (Å²) < 4.78 is 0. The van der Waals surface area contributed by atoms with Crippen LogP contribution in [0.4, 0.5) is 0 Å². The van der Waals surface area contributed by atoms with Crippen molar-refractivity contribution in [1.29, 1.82) is 0 Å². The molecule has 0 radical (unpaired) electrons. The molecule has 0 saturated heterocycles. The minimum Gasteiger partial charge on any atom is -0.274 e. The van der Waals surface area contributed by atoms with Crippen molar-refractivity contribution in [3.8, 4) is 10.4 Å². The molecule has 0 aliphatic carbocycles. The summed E-state index contributed by atoms with van der Waals surface area (Å²) >= 11 is 7.50. The van der Waals surface area contributed by atoms with Crippen LogP contribution >= 0.6 is 22.9 Å². The average molecular weight is 293 g/mol. The van der Waals surface area contributed by atoms with Crippen molar-refractivity contribution in [3.05, 3.63) is 46.3 Å². The maximum absolute atomic E-state index is 10.8. The zero-order valence-electron chi connectivity index (χ0n) is 10.6. The minimum atomic E-state index is -0.172. The van der Waals surface area contributed by atoms with Gasteiger partial charge < -0.3 is 0 Å². The van der Waals surface area contributed by atoms with Crippen LogP contribution in [0.5, 0.6) is 0 Å². The lowest BCUT2D eigenvalue weighted by atomic mass is 10.2. The van der Waals surface area contributed by atoms with Crippen molar-refractivity contribution < 1.29 is 4.79 Å². The summed E-state index contributed by atoms with van der Waals surface area (Å²) in [5, 5.41) is 4.75. The van der Waals surface area contributed by atoms with Crippen molar-refractivity contribution >= 4 is 34.6 Å². The number of hydrogen-bond acceptors (Lipinski definition) is 3. The molecule has 1 amide bonds. The third kappa shape index (κ3) is 3.66. The lowest BCUT2D eigenvalue weighted by Crippen LogP contribution is -2.14. The number of amides is 1. The highest BCUT2D eigenvalue weighted by molar-refractivity contribution is 7.17. The standard InChI is InChI=1S/C14H13ClN2OS/c1-9(16-17-10(2)18)13-7-8-14(19-13)11-3-5-12(15)6-4-11/h3-8H,1-2H3,(H,17,18)/b16-9-. The quantitative estimate of drug-likeness (QED) is 0.676. The van der Waals surface area contributed by atoms with E-state index in [1.807, 2.05) is 43.3 Å². The lowest BCUT2D eigenvalue weighted by molar-refractivity contribution is -0.118. The Morgan fingerprint density at radius 1 is 1.16 bits per heavy atom. The monoisotopic (exact) mass is 292 g/mol. The number of hydrazone groups is 1. The van der Waals surface area contributed by atoms with E-state index in [0.717, 1.165) is 26.1 Å². The Labute approximate surface area is 120 Å². The molecule has 19 heavy (non-hydrogen) atoms. The van der Waals surface area contributed by atoms with Crippen LogP contribution in [0.1, 0.15) is 18.7 Å². The Morgan fingerprint density at radius 3 is 2.47 bits per heavy atom. The van der Waals surface area contributed by atoms with Crippen molar-refractivity contribution in [2.24, 2.45) is 5.10 Å². The largest absolute Gasteiger partial charge is 0.274 e. The number of hydrogen-bond donors (Lipinski definition) is 1.